The summed E-state index contributed by atoms with van der Waals surface area (Å²) < 4.78 is 45.7. The number of nitrogens with one attached hydrogen (secondary N) is 1. The monoisotopic (exact) mass is 381 g/mol. The maximum atomic E-state index is 13.1. The van der Waals surface area contributed by atoms with Gasteiger partial charge in [-0.05, 0) is 38.8 Å². The van der Waals surface area contributed by atoms with Gasteiger partial charge in [-0.3, -0.25) is 0 Å². The lowest BCUT2D eigenvalue weighted by atomic mass is 9.66. The van der Waals surface area contributed by atoms with Crippen LogP contribution in [0, 0.1) is 12.3 Å². The van der Waals surface area contributed by atoms with Crippen molar-refractivity contribution in [2.24, 2.45) is 5.41 Å². The molecule has 0 bridgehead atoms. The van der Waals surface area contributed by atoms with Gasteiger partial charge in [0.25, 0.3) is 0 Å². The summed E-state index contributed by atoms with van der Waals surface area (Å²) in [5, 5.41) is 7.38. The molecule has 1 aliphatic carbocycles. The minimum Gasteiger partial charge on any atom is -0.461 e. The van der Waals surface area contributed by atoms with E-state index in [-0.39, 0.29) is 31.2 Å². The highest BCUT2D eigenvalue weighted by molar-refractivity contribution is 5.88. The van der Waals surface area contributed by atoms with Gasteiger partial charge < -0.3 is 10.1 Å². The molecule has 5 nitrogen and oxygen atoms in total. The van der Waals surface area contributed by atoms with Crippen LogP contribution >= 0.6 is 0 Å². The van der Waals surface area contributed by atoms with Crippen molar-refractivity contribution in [3.05, 3.63) is 41.6 Å². The van der Waals surface area contributed by atoms with E-state index >= 15 is 0 Å². The average molecular weight is 381 g/mol. The zero-order valence-corrected chi connectivity index (χ0v) is 15.4. The molecule has 1 aromatic carbocycles. The van der Waals surface area contributed by atoms with Crippen LogP contribution in [0.1, 0.15) is 42.7 Å². The van der Waals surface area contributed by atoms with Crippen molar-refractivity contribution in [1.82, 2.24) is 9.78 Å². The number of esters is 1. The summed E-state index contributed by atoms with van der Waals surface area (Å²) in [6, 6.07) is 8.64. The van der Waals surface area contributed by atoms with Crippen LogP contribution in [0.25, 0.3) is 5.69 Å². The van der Waals surface area contributed by atoms with Gasteiger partial charge in [0, 0.05) is 12.1 Å². The Morgan fingerprint density at radius 3 is 2.52 bits per heavy atom. The van der Waals surface area contributed by atoms with Crippen LogP contribution in [0.4, 0.5) is 19.0 Å². The zero-order valence-electron chi connectivity index (χ0n) is 15.4. The third-order valence-electron chi connectivity index (χ3n) is 4.90. The summed E-state index contributed by atoms with van der Waals surface area (Å²) in [7, 11) is 0. The van der Waals surface area contributed by atoms with Crippen molar-refractivity contribution in [2.75, 3.05) is 11.9 Å². The number of rotatable bonds is 5. The topological polar surface area (TPSA) is 56.1 Å². The lowest BCUT2D eigenvalue weighted by molar-refractivity contribution is -0.245. The average Bonchev–Trinajstić information content (AvgIpc) is 2.97. The van der Waals surface area contributed by atoms with Crippen LogP contribution in [0.15, 0.2) is 30.3 Å². The van der Waals surface area contributed by atoms with Crippen LogP contribution in [0.5, 0.6) is 0 Å². The minimum absolute atomic E-state index is 0.0235. The molecule has 1 aromatic heterocycles. The summed E-state index contributed by atoms with van der Waals surface area (Å²) in [5.74, 6) is -0.101. The van der Waals surface area contributed by atoms with Gasteiger partial charge in [0.2, 0.25) is 0 Å². The van der Waals surface area contributed by atoms with Crippen LogP contribution < -0.4 is 5.32 Å². The van der Waals surface area contributed by atoms with Crippen LogP contribution in [0.2, 0.25) is 0 Å². The SMILES string of the molecule is CCOC(=O)c1cc(NC2CC(C)(C(F)(F)F)C2)n(-c2ccc(C)cc2)n1. The number of hydrogen-bond acceptors (Lipinski definition) is 4. The van der Waals surface area contributed by atoms with Crippen molar-refractivity contribution in [2.45, 2.75) is 45.8 Å². The van der Waals surface area contributed by atoms with Crippen molar-refractivity contribution < 1.29 is 22.7 Å². The molecule has 1 saturated carbocycles. The number of ether oxygens (including phenoxy) is 1. The molecule has 1 heterocycles. The Morgan fingerprint density at radius 2 is 1.96 bits per heavy atom. The minimum atomic E-state index is -4.22. The molecule has 0 aliphatic heterocycles. The molecule has 0 unspecified atom stereocenters. The maximum absolute atomic E-state index is 13.1. The molecule has 2 aromatic rings. The van der Waals surface area contributed by atoms with E-state index in [1.54, 1.807) is 6.92 Å². The number of nitrogens with zero attached hydrogens (tertiary/aromatic N) is 2. The lowest BCUT2D eigenvalue weighted by Gasteiger charge is -2.46. The van der Waals surface area contributed by atoms with Crippen LogP contribution in [-0.4, -0.2) is 34.6 Å². The predicted octanol–water partition coefficient (Wildman–Crippen LogP) is 4.50. The number of anilines is 1. The molecule has 0 atom stereocenters. The van der Waals surface area contributed by atoms with Gasteiger partial charge in [-0.1, -0.05) is 24.6 Å². The third-order valence-corrected chi connectivity index (χ3v) is 4.90. The molecule has 8 heteroatoms. The molecule has 1 N–H and O–H groups in total. The Kier molecular flexibility index (Phi) is 4.92. The van der Waals surface area contributed by atoms with Gasteiger partial charge in [-0.2, -0.15) is 18.3 Å². The van der Waals surface area contributed by atoms with E-state index in [9.17, 15) is 18.0 Å². The van der Waals surface area contributed by atoms with Crippen molar-refractivity contribution >= 4 is 11.8 Å². The van der Waals surface area contributed by atoms with Crippen molar-refractivity contribution in [3.63, 3.8) is 0 Å². The Labute approximate surface area is 155 Å². The second kappa shape index (κ2) is 6.90. The molecule has 0 radical (unpaired) electrons. The third kappa shape index (κ3) is 3.79. The fourth-order valence-electron chi connectivity index (χ4n) is 3.24. The summed E-state index contributed by atoms with van der Waals surface area (Å²) in [4.78, 5) is 12.0. The molecular formula is C19H22F3N3O2. The second-order valence-corrected chi connectivity index (χ2v) is 7.19. The Bertz CT molecular complexity index is 822. The number of aromatic nitrogens is 2. The van der Waals surface area contributed by atoms with Gasteiger partial charge in [-0.25, -0.2) is 9.48 Å². The normalized spacial score (nSPS) is 22.2. The fraction of sp³-hybridized carbons (Fsp3) is 0.474. The summed E-state index contributed by atoms with van der Waals surface area (Å²) >= 11 is 0. The molecule has 146 valence electrons. The number of aryl methyl sites for hydroxylation is 1. The van der Waals surface area contributed by atoms with Gasteiger partial charge in [0.15, 0.2) is 5.69 Å². The van der Waals surface area contributed by atoms with Crippen LogP contribution in [-0.2, 0) is 4.74 Å². The zero-order chi connectivity index (χ0) is 19.8. The molecule has 3 rings (SSSR count). The van der Waals surface area contributed by atoms with Crippen molar-refractivity contribution in [3.8, 4) is 5.69 Å². The Balaban J connectivity index is 1.85. The van der Waals surface area contributed by atoms with Crippen LogP contribution in [0.3, 0.4) is 0 Å². The number of halogens is 3. The second-order valence-electron chi connectivity index (χ2n) is 7.19. The standard InChI is InChI=1S/C19H22F3N3O2/c1-4-27-17(26)15-9-16(23-13-10-18(3,11-13)19(20,21)22)25(24-15)14-7-5-12(2)6-8-14/h5-9,13,23H,4,10-11H2,1-3H3. The molecule has 0 spiro atoms. The molecule has 0 amide bonds. The molecule has 1 fully saturated rings. The first-order chi connectivity index (χ1) is 12.6. The number of alkyl halides is 3. The molecule has 0 saturated heterocycles. The highest BCUT2D eigenvalue weighted by atomic mass is 19.4. The highest BCUT2D eigenvalue weighted by Crippen LogP contribution is 2.53. The van der Waals surface area contributed by atoms with E-state index in [1.165, 1.54) is 17.7 Å². The maximum Gasteiger partial charge on any atom is 0.394 e. The first kappa shape index (κ1) is 19.3. The van der Waals surface area contributed by atoms with E-state index in [2.05, 4.69) is 10.4 Å². The van der Waals surface area contributed by atoms with E-state index in [0.29, 0.717) is 11.5 Å². The lowest BCUT2D eigenvalue weighted by Crippen LogP contribution is -2.52. The first-order valence-electron chi connectivity index (χ1n) is 8.80. The van der Waals surface area contributed by atoms with E-state index in [0.717, 1.165) is 5.56 Å². The first-order valence-corrected chi connectivity index (χ1v) is 8.80. The molecule has 1 aliphatic rings. The largest absolute Gasteiger partial charge is 0.461 e. The quantitative estimate of drug-likeness (QED) is 0.775. The van der Waals surface area contributed by atoms with Crippen molar-refractivity contribution in [1.29, 1.82) is 0 Å². The Hall–Kier alpha value is -2.51. The van der Waals surface area contributed by atoms with Gasteiger partial charge >= 0.3 is 12.1 Å². The van der Waals surface area contributed by atoms with Gasteiger partial charge in [0.05, 0.1) is 17.7 Å². The van der Waals surface area contributed by atoms with E-state index < -0.39 is 17.6 Å². The summed E-state index contributed by atoms with van der Waals surface area (Å²) in [6.07, 6.45) is -4.27. The van der Waals surface area contributed by atoms with Gasteiger partial charge in [-0.15, -0.1) is 0 Å². The fourth-order valence-corrected chi connectivity index (χ4v) is 3.24. The molecule has 27 heavy (non-hydrogen) atoms. The number of carbonyl (C=O) groups excluding carboxylic acids is 1. The predicted molar refractivity (Wildman–Crippen MR) is 95.1 cm³/mol. The summed E-state index contributed by atoms with van der Waals surface area (Å²) in [5.41, 5.74) is 0.198. The smallest absolute Gasteiger partial charge is 0.394 e. The molecular weight excluding hydrogens is 359 g/mol. The van der Waals surface area contributed by atoms with Gasteiger partial charge in [0.1, 0.15) is 5.82 Å². The summed E-state index contributed by atoms with van der Waals surface area (Å²) in [6.45, 7) is 5.08. The number of carbonyl (C=O) groups is 1. The van der Waals surface area contributed by atoms with E-state index in [1.807, 2.05) is 31.2 Å². The van der Waals surface area contributed by atoms with E-state index in [4.69, 9.17) is 4.74 Å². The highest BCUT2D eigenvalue weighted by Gasteiger charge is 2.58. The Morgan fingerprint density at radius 1 is 1.33 bits per heavy atom. The number of hydrogen-bond donors (Lipinski definition) is 1. The number of benzene rings is 1.